The third kappa shape index (κ3) is 3.80. The Morgan fingerprint density at radius 3 is 2.71 bits per heavy atom. The highest BCUT2D eigenvalue weighted by molar-refractivity contribution is 5.07. The molecule has 0 saturated heterocycles. The highest BCUT2D eigenvalue weighted by Gasteiger charge is 2.16. The Morgan fingerprint density at radius 1 is 1.47 bits per heavy atom. The summed E-state index contributed by atoms with van der Waals surface area (Å²) < 4.78 is 7.36. The number of hydrogen-bond donors (Lipinski definition) is 2. The molecule has 5 nitrogen and oxygen atoms in total. The molecule has 0 radical (unpaired) electrons. The van der Waals surface area contributed by atoms with Gasteiger partial charge in [-0.2, -0.15) is 0 Å². The van der Waals surface area contributed by atoms with E-state index in [0.717, 1.165) is 12.2 Å². The lowest BCUT2D eigenvalue weighted by Gasteiger charge is -2.22. The summed E-state index contributed by atoms with van der Waals surface area (Å²) in [5, 5.41) is 3.41. The smallest absolute Gasteiger partial charge is 0.0951 e. The number of nitrogens with two attached hydrogens (primary N) is 1. The molecule has 5 heteroatoms. The number of aromatic nitrogens is 2. The highest BCUT2D eigenvalue weighted by atomic mass is 16.5. The van der Waals surface area contributed by atoms with Crippen LogP contribution in [0.2, 0.25) is 0 Å². The van der Waals surface area contributed by atoms with Gasteiger partial charge in [0.15, 0.2) is 0 Å². The zero-order valence-corrected chi connectivity index (χ0v) is 11.2. The summed E-state index contributed by atoms with van der Waals surface area (Å²) >= 11 is 0. The third-order valence-electron chi connectivity index (χ3n) is 2.90. The first-order chi connectivity index (χ1) is 8.10. The Balaban J connectivity index is 2.69. The molecule has 1 aromatic rings. The fraction of sp³-hybridized carbons (Fsp3) is 0.750. The van der Waals surface area contributed by atoms with Gasteiger partial charge in [-0.3, -0.25) is 0 Å². The summed E-state index contributed by atoms with van der Waals surface area (Å²) in [6.07, 6.45) is 3.91. The molecular formula is C12H24N4O. The monoisotopic (exact) mass is 240 g/mol. The number of rotatable bonds is 7. The van der Waals surface area contributed by atoms with Crippen molar-refractivity contribution in [3.63, 3.8) is 0 Å². The van der Waals surface area contributed by atoms with Crippen LogP contribution in [-0.4, -0.2) is 35.9 Å². The number of imidazole rings is 1. The molecule has 1 heterocycles. The first-order valence-electron chi connectivity index (χ1n) is 6.08. The van der Waals surface area contributed by atoms with Crippen LogP contribution in [0.4, 0.5) is 0 Å². The molecule has 1 rings (SSSR count). The van der Waals surface area contributed by atoms with E-state index >= 15 is 0 Å². The van der Waals surface area contributed by atoms with Gasteiger partial charge >= 0.3 is 0 Å². The molecule has 3 N–H and O–H groups in total. The van der Waals surface area contributed by atoms with E-state index in [1.54, 1.807) is 7.11 Å². The molecule has 0 amide bonds. The molecule has 2 unspecified atom stereocenters. The molecular weight excluding hydrogens is 216 g/mol. The second kappa shape index (κ2) is 6.74. The normalized spacial score (nSPS) is 15.2. The average Bonchev–Trinajstić information content (AvgIpc) is 2.78. The van der Waals surface area contributed by atoms with Gasteiger partial charge in [-0.05, 0) is 20.8 Å². The van der Waals surface area contributed by atoms with Gasteiger partial charge in [0, 0.05) is 32.4 Å². The first kappa shape index (κ1) is 14.2. The van der Waals surface area contributed by atoms with Crippen molar-refractivity contribution in [2.24, 2.45) is 5.73 Å². The van der Waals surface area contributed by atoms with Gasteiger partial charge in [0.2, 0.25) is 0 Å². The average molecular weight is 240 g/mol. The third-order valence-corrected chi connectivity index (χ3v) is 2.90. The number of nitrogens with one attached hydrogen (secondary N) is 1. The predicted octanol–water partition coefficient (Wildman–Crippen LogP) is 1.09. The number of nitrogens with zero attached hydrogens (tertiary/aromatic N) is 2. The van der Waals surface area contributed by atoms with Crippen LogP contribution in [0.3, 0.4) is 0 Å². The van der Waals surface area contributed by atoms with Gasteiger partial charge in [-0.1, -0.05) is 0 Å². The molecule has 0 aliphatic rings. The van der Waals surface area contributed by atoms with Crippen molar-refractivity contribution in [2.45, 2.75) is 39.0 Å². The summed E-state index contributed by atoms with van der Waals surface area (Å²) in [6.45, 7) is 7.63. The summed E-state index contributed by atoms with van der Waals surface area (Å²) in [5.74, 6) is 0. The number of hydrogen-bond acceptors (Lipinski definition) is 4. The fourth-order valence-electron chi connectivity index (χ4n) is 1.72. The maximum atomic E-state index is 5.82. The molecule has 0 fully saturated rings. The second-order valence-corrected chi connectivity index (χ2v) is 4.56. The van der Waals surface area contributed by atoms with Crippen LogP contribution in [0, 0.1) is 0 Å². The molecule has 2 atom stereocenters. The number of ether oxygens (including phenoxy) is 1. The Bertz CT molecular complexity index is 324. The van der Waals surface area contributed by atoms with Gasteiger partial charge < -0.3 is 20.4 Å². The van der Waals surface area contributed by atoms with Crippen molar-refractivity contribution in [3.8, 4) is 0 Å². The standard InChI is InChI=1S/C12H24N4O/c1-9(2)16-8-14-7-12(16)11(5-13)15-6-10(3)17-4/h7-11,15H,5-6,13H2,1-4H3. The molecule has 17 heavy (non-hydrogen) atoms. The van der Waals surface area contributed by atoms with Crippen LogP contribution in [0.1, 0.15) is 38.5 Å². The first-order valence-corrected chi connectivity index (χ1v) is 6.08. The molecule has 0 aromatic carbocycles. The Kier molecular flexibility index (Phi) is 5.61. The Labute approximate surface area is 103 Å². The van der Waals surface area contributed by atoms with E-state index in [-0.39, 0.29) is 12.1 Å². The maximum absolute atomic E-state index is 5.82. The lowest BCUT2D eigenvalue weighted by molar-refractivity contribution is 0.114. The lowest BCUT2D eigenvalue weighted by Crippen LogP contribution is -2.35. The van der Waals surface area contributed by atoms with Crippen molar-refractivity contribution in [1.29, 1.82) is 0 Å². The minimum Gasteiger partial charge on any atom is -0.380 e. The molecule has 0 aliphatic heterocycles. The van der Waals surface area contributed by atoms with Gasteiger partial charge in [0.05, 0.1) is 24.2 Å². The molecule has 0 aliphatic carbocycles. The Morgan fingerprint density at radius 2 is 2.18 bits per heavy atom. The van der Waals surface area contributed by atoms with Crippen LogP contribution >= 0.6 is 0 Å². The van der Waals surface area contributed by atoms with E-state index in [2.05, 4.69) is 28.7 Å². The molecule has 0 spiro atoms. The summed E-state index contributed by atoms with van der Waals surface area (Å²) in [6, 6.07) is 0.515. The van der Waals surface area contributed by atoms with Crippen LogP contribution in [-0.2, 0) is 4.74 Å². The molecule has 98 valence electrons. The minimum atomic E-state index is 0.123. The Hall–Kier alpha value is -0.910. The van der Waals surface area contributed by atoms with Gasteiger partial charge in [-0.15, -0.1) is 0 Å². The van der Waals surface area contributed by atoms with Crippen LogP contribution in [0.15, 0.2) is 12.5 Å². The summed E-state index contributed by atoms with van der Waals surface area (Å²) in [7, 11) is 1.71. The molecule has 0 bridgehead atoms. The summed E-state index contributed by atoms with van der Waals surface area (Å²) in [4.78, 5) is 4.20. The van der Waals surface area contributed by atoms with E-state index in [1.165, 1.54) is 0 Å². The van der Waals surface area contributed by atoms with E-state index < -0.39 is 0 Å². The van der Waals surface area contributed by atoms with Crippen LogP contribution < -0.4 is 11.1 Å². The maximum Gasteiger partial charge on any atom is 0.0951 e. The van der Waals surface area contributed by atoms with Crippen molar-refractivity contribution in [1.82, 2.24) is 14.9 Å². The van der Waals surface area contributed by atoms with Crippen molar-refractivity contribution in [3.05, 3.63) is 18.2 Å². The molecule has 1 aromatic heterocycles. The fourth-order valence-corrected chi connectivity index (χ4v) is 1.72. The van der Waals surface area contributed by atoms with E-state index in [0.29, 0.717) is 12.6 Å². The van der Waals surface area contributed by atoms with Gasteiger partial charge in [0.1, 0.15) is 0 Å². The van der Waals surface area contributed by atoms with Crippen molar-refractivity contribution < 1.29 is 4.74 Å². The minimum absolute atomic E-state index is 0.123. The second-order valence-electron chi connectivity index (χ2n) is 4.56. The van der Waals surface area contributed by atoms with E-state index in [4.69, 9.17) is 10.5 Å². The zero-order valence-electron chi connectivity index (χ0n) is 11.2. The van der Waals surface area contributed by atoms with Crippen molar-refractivity contribution >= 4 is 0 Å². The summed E-state index contributed by atoms with van der Waals surface area (Å²) in [5.41, 5.74) is 6.95. The number of methoxy groups -OCH3 is 1. The van der Waals surface area contributed by atoms with Gasteiger partial charge in [-0.25, -0.2) is 4.98 Å². The van der Waals surface area contributed by atoms with Crippen molar-refractivity contribution in [2.75, 3.05) is 20.2 Å². The van der Waals surface area contributed by atoms with Crippen LogP contribution in [0.25, 0.3) is 0 Å². The quantitative estimate of drug-likeness (QED) is 0.749. The van der Waals surface area contributed by atoms with E-state index in [9.17, 15) is 0 Å². The lowest BCUT2D eigenvalue weighted by atomic mass is 10.2. The SMILES string of the molecule is COC(C)CNC(CN)c1cncn1C(C)C. The molecule has 0 saturated carbocycles. The van der Waals surface area contributed by atoms with E-state index in [1.807, 2.05) is 19.4 Å². The van der Waals surface area contributed by atoms with Gasteiger partial charge in [0.25, 0.3) is 0 Å². The topological polar surface area (TPSA) is 65.1 Å². The predicted molar refractivity (Wildman–Crippen MR) is 68.9 cm³/mol. The van der Waals surface area contributed by atoms with Crippen LogP contribution in [0.5, 0.6) is 0 Å². The highest BCUT2D eigenvalue weighted by Crippen LogP contribution is 2.16. The zero-order chi connectivity index (χ0) is 12.8. The largest absolute Gasteiger partial charge is 0.380 e.